The Bertz CT molecular complexity index is 302. The summed E-state index contributed by atoms with van der Waals surface area (Å²) < 4.78 is 0. The molecule has 1 aliphatic heterocycles. The lowest BCUT2D eigenvalue weighted by atomic mass is 9.97. The first kappa shape index (κ1) is 12.4. The normalized spacial score (nSPS) is 25.5. The molecule has 0 aromatic rings. The van der Waals surface area contributed by atoms with Gasteiger partial charge >= 0.3 is 0 Å². The molecule has 1 aliphatic carbocycles. The van der Waals surface area contributed by atoms with Crippen LogP contribution in [0.3, 0.4) is 0 Å². The largest absolute Gasteiger partial charge is 0.369 e. The number of amides is 2. The minimum Gasteiger partial charge on any atom is -0.369 e. The number of likely N-dealkylation sites (tertiary alicyclic amines) is 1. The molecule has 0 radical (unpaired) electrons. The third-order valence-electron chi connectivity index (χ3n) is 3.52. The number of rotatable bonds is 5. The van der Waals surface area contributed by atoms with Crippen LogP contribution in [0, 0.1) is 11.8 Å². The Balaban J connectivity index is 1.74. The minimum atomic E-state index is -0.316. The Hall–Kier alpha value is -1.10. The molecule has 1 atom stereocenters. The Morgan fingerprint density at radius 2 is 2.06 bits per heavy atom. The van der Waals surface area contributed by atoms with Crippen LogP contribution in [0.15, 0.2) is 0 Å². The average molecular weight is 239 g/mol. The van der Waals surface area contributed by atoms with Gasteiger partial charge in [-0.1, -0.05) is 0 Å². The van der Waals surface area contributed by atoms with Crippen molar-refractivity contribution in [3.63, 3.8) is 0 Å². The van der Waals surface area contributed by atoms with E-state index in [2.05, 4.69) is 5.32 Å². The third-order valence-corrected chi connectivity index (χ3v) is 3.52. The van der Waals surface area contributed by atoms with Gasteiger partial charge in [-0.15, -0.1) is 0 Å². The van der Waals surface area contributed by atoms with Crippen molar-refractivity contribution in [2.24, 2.45) is 17.6 Å². The van der Waals surface area contributed by atoms with Crippen molar-refractivity contribution < 1.29 is 9.59 Å². The topological polar surface area (TPSA) is 75.4 Å². The molecule has 0 aromatic heterocycles. The molecule has 2 amide bonds. The number of nitrogens with two attached hydrogens (primary N) is 1. The van der Waals surface area contributed by atoms with Crippen LogP contribution in [0.4, 0.5) is 0 Å². The number of primary amides is 1. The van der Waals surface area contributed by atoms with E-state index in [1.54, 1.807) is 0 Å². The van der Waals surface area contributed by atoms with Crippen molar-refractivity contribution in [3.8, 4) is 0 Å². The van der Waals surface area contributed by atoms with E-state index < -0.39 is 0 Å². The highest BCUT2D eigenvalue weighted by Crippen LogP contribution is 2.27. The van der Waals surface area contributed by atoms with Gasteiger partial charge in [-0.25, -0.2) is 0 Å². The fourth-order valence-electron chi connectivity index (χ4n) is 2.34. The fraction of sp³-hybridized carbons (Fsp3) is 0.833. The smallest absolute Gasteiger partial charge is 0.231 e. The average Bonchev–Trinajstić information content (AvgIpc) is 3.09. The summed E-state index contributed by atoms with van der Waals surface area (Å²) in [6.07, 6.45) is 4.39. The Labute approximate surface area is 102 Å². The molecule has 2 aliphatic rings. The van der Waals surface area contributed by atoms with Crippen molar-refractivity contribution in [1.82, 2.24) is 10.2 Å². The SMILES string of the molecule is NC(=O)CN1CCCC(C(=O)NCC2CC2)C1. The zero-order valence-corrected chi connectivity index (χ0v) is 10.2. The Morgan fingerprint density at radius 3 is 2.71 bits per heavy atom. The number of carbonyl (C=O) groups is 2. The van der Waals surface area contributed by atoms with Gasteiger partial charge in [0.25, 0.3) is 0 Å². The van der Waals surface area contributed by atoms with Crippen molar-refractivity contribution in [1.29, 1.82) is 0 Å². The highest BCUT2D eigenvalue weighted by Gasteiger charge is 2.28. The molecule has 2 rings (SSSR count). The highest BCUT2D eigenvalue weighted by molar-refractivity contribution is 5.79. The Kier molecular flexibility index (Phi) is 3.99. The summed E-state index contributed by atoms with van der Waals surface area (Å²) in [6.45, 7) is 2.63. The number of hydrogen-bond acceptors (Lipinski definition) is 3. The van der Waals surface area contributed by atoms with Crippen LogP contribution in [0.5, 0.6) is 0 Å². The molecule has 1 heterocycles. The second-order valence-electron chi connectivity index (χ2n) is 5.23. The molecule has 1 saturated carbocycles. The number of carbonyl (C=O) groups excluding carboxylic acids is 2. The van der Waals surface area contributed by atoms with Gasteiger partial charge in [-0.3, -0.25) is 14.5 Å². The molecule has 5 nitrogen and oxygen atoms in total. The second-order valence-corrected chi connectivity index (χ2v) is 5.23. The van der Waals surface area contributed by atoms with Crippen molar-refractivity contribution in [2.75, 3.05) is 26.2 Å². The summed E-state index contributed by atoms with van der Waals surface area (Å²) in [5, 5.41) is 3.01. The molecule has 0 aromatic carbocycles. The predicted molar refractivity (Wildman–Crippen MR) is 64.1 cm³/mol. The van der Waals surface area contributed by atoms with Gasteiger partial charge in [-0.2, -0.15) is 0 Å². The Morgan fingerprint density at radius 1 is 1.29 bits per heavy atom. The van der Waals surface area contributed by atoms with Crippen molar-refractivity contribution in [2.45, 2.75) is 25.7 Å². The summed E-state index contributed by atoms with van der Waals surface area (Å²) in [5.74, 6) is 0.571. The van der Waals surface area contributed by atoms with Gasteiger partial charge in [0, 0.05) is 13.1 Å². The van der Waals surface area contributed by atoms with Gasteiger partial charge < -0.3 is 11.1 Å². The van der Waals surface area contributed by atoms with Crippen molar-refractivity contribution in [3.05, 3.63) is 0 Å². The summed E-state index contributed by atoms with van der Waals surface area (Å²) >= 11 is 0. The van der Waals surface area contributed by atoms with E-state index in [1.807, 2.05) is 4.90 Å². The zero-order chi connectivity index (χ0) is 12.3. The lowest BCUT2D eigenvalue weighted by Crippen LogP contribution is -2.46. The monoisotopic (exact) mass is 239 g/mol. The minimum absolute atomic E-state index is 0.0295. The molecular formula is C12H21N3O2. The number of piperidine rings is 1. The zero-order valence-electron chi connectivity index (χ0n) is 10.2. The molecule has 1 saturated heterocycles. The molecule has 1 unspecified atom stereocenters. The molecule has 17 heavy (non-hydrogen) atoms. The maximum absolute atomic E-state index is 11.9. The third kappa shape index (κ3) is 4.00. The first-order chi connectivity index (χ1) is 8.15. The van der Waals surface area contributed by atoms with E-state index in [0.717, 1.165) is 25.9 Å². The van der Waals surface area contributed by atoms with Gasteiger partial charge in [0.15, 0.2) is 0 Å². The van der Waals surface area contributed by atoms with Crippen molar-refractivity contribution >= 4 is 11.8 Å². The van der Waals surface area contributed by atoms with Crippen LogP contribution in [-0.2, 0) is 9.59 Å². The van der Waals surface area contributed by atoms with E-state index in [0.29, 0.717) is 12.5 Å². The number of nitrogens with zero attached hydrogens (tertiary/aromatic N) is 1. The lowest BCUT2D eigenvalue weighted by molar-refractivity contribution is -0.128. The van der Waals surface area contributed by atoms with Crippen LogP contribution in [-0.4, -0.2) is 42.9 Å². The fourth-order valence-corrected chi connectivity index (χ4v) is 2.34. The summed E-state index contributed by atoms with van der Waals surface area (Å²) in [5.41, 5.74) is 5.17. The highest BCUT2D eigenvalue weighted by atomic mass is 16.2. The lowest BCUT2D eigenvalue weighted by Gasteiger charge is -2.30. The van der Waals surface area contributed by atoms with Crippen LogP contribution in [0.2, 0.25) is 0 Å². The van der Waals surface area contributed by atoms with Crippen LogP contribution in [0.25, 0.3) is 0 Å². The van der Waals surface area contributed by atoms with Gasteiger partial charge in [0.1, 0.15) is 0 Å². The van der Waals surface area contributed by atoms with E-state index in [4.69, 9.17) is 5.73 Å². The number of hydrogen-bond donors (Lipinski definition) is 2. The van der Waals surface area contributed by atoms with Crippen LogP contribution >= 0.6 is 0 Å². The summed E-state index contributed by atoms with van der Waals surface area (Å²) in [6, 6.07) is 0. The molecule has 2 fully saturated rings. The quantitative estimate of drug-likeness (QED) is 0.692. The van der Waals surface area contributed by atoms with E-state index in [-0.39, 0.29) is 24.3 Å². The molecular weight excluding hydrogens is 218 g/mol. The summed E-state index contributed by atoms with van der Waals surface area (Å²) in [4.78, 5) is 24.7. The predicted octanol–water partition coefficient (Wildman–Crippen LogP) is -0.290. The molecule has 96 valence electrons. The van der Waals surface area contributed by atoms with E-state index in [9.17, 15) is 9.59 Å². The molecule has 3 N–H and O–H groups in total. The second kappa shape index (κ2) is 5.49. The number of nitrogens with one attached hydrogen (secondary N) is 1. The maximum atomic E-state index is 11.9. The van der Waals surface area contributed by atoms with Crippen LogP contribution in [0.1, 0.15) is 25.7 Å². The maximum Gasteiger partial charge on any atom is 0.231 e. The van der Waals surface area contributed by atoms with Gasteiger partial charge in [-0.05, 0) is 38.1 Å². The first-order valence-electron chi connectivity index (χ1n) is 6.43. The van der Waals surface area contributed by atoms with E-state index >= 15 is 0 Å². The molecule has 0 spiro atoms. The van der Waals surface area contributed by atoms with Gasteiger partial charge in [0.2, 0.25) is 11.8 Å². The molecule has 0 bridgehead atoms. The van der Waals surface area contributed by atoms with Gasteiger partial charge in [0.05, 0.1) is 12.5 Å². The standard InChI is InChI=1S/C12H21N3O2/c13-11(16)8-15-5-1-2-10(7-15)12(17)14-6-9-3-4-9/h9-10H,1-8H2,(H2,13,16)(H,14,17). The first-order valence-corrected chi connectivity index (χ1v) is 6.43. The van der Waals surface area contributed by atoms with E-state index in [1.165, 1.54) is 12.8 Å². The molecule has 5 heteroatoms. The van der Waals surface area contributed by atoms with Crippen LogP contribution < -0.4 is 11.1 Å². The summed E-state index contributed by atoms with van der Waals surface area (Å²) in [7, 11) is 0.